The summed E-state index contributed by atoms with van der Waals surface area (Å²) in [7, 11) is 0. The largest absolute Gasteiger partial charge is 0.301 e. The highest BCUT2D eigenvalue weighted by Crippen LogP contribution is 2.28. The maximum Gasteiger partial charge on any atom is 0.301 e. The average Bonchev–Trinajstić information content (AvgIpc) is 2.39. The molecular formula is C10H12N4O4. The van der Waals surface area contributed by atoms with Crippen LogP contribution < -0.4 is 5.43 Å². The van der Waals surface area contributed by atoms with Gasteiger partial charge in [0.1, 0.15) is 5.69 Å². The Labute approximate surface area is 107 Å². The van der Waals surface area contributed by atoms with E-state index in [1.165, 1.54) is 0 Å². The number of hydrazone groups is 1. The fourth-order valence-electron chi connectivity index (χ4n) is 0.926. The van der Waals surface area contributed by atoms with Crippen LogP contribution in [0.15, 0.2) is 23.2 Å². The molecule has 1 aromatic rings. The molecule has 0 heterocycles. The third kappa shape index (κ3) is 3.24. The highest BCUT2D eigenvalue weighted by atomic mass is 16.6. The molecule has 0 fully saturated rings. The van der Waals surface area contributed by atoms with E-state index < -0.39 is 45.0 Å². The van der Waals surface area contributed by atoms with Gasteiger partial charge in [-0.2, -0.15) is 5.10 Å². The number of nitrogens with one attached hydrogen (secondary N) is 1. The number of rotatable bonds is 5. The molecule has 0 spiro atoms. The summed E-state index contributed by atoms with van der Waals surface area (Å²) < 4.78 is 22.7. The molecule has 1 aromatic carbocycles. The Kier molecular flexibility index (Phi) is 3.02. The van der Waals surface area contributed by atoms with Crippen LogP contribution in [0.3, 0.4) is 0 Å². The molecule has 0 aromatic heterocycles. The molecule has 0 bridgehead atoms. The molecule has 8 nitrogen and oxygen atoms in total. The molecule has 18 heavy (non-hydrogen) atoms. The smallest absolute Gasteiger partial charge is 0.272 e. The predicted molar refractivity (Wildman–Crippen MR) is 66.8 cm³/mol. The highest BCUT2D eigenvalue weighted by molar-refractivity contribution is 5.82. The zero-order valence-corrected chi connectivity index (χ0v) is 9.68. The highest BCUT2D eigenvalue weighted by Gasteiger charge is 2.19. The van der Waals surface area contributed by atoms with Gasteiger partial charge in [-0.05, 0) is 19.4 Å². The monoisotopic (exact) mass is 255 g/mol. The van der Waals surface area contributed by atoms with Gasteiger partial charge in [-0.1, -0.05) is 6.92 Å². The van der Waals surface area contributed by atoms with Gasteiger partial charge in [-0.15, -0.1) is 0 Å². The quantitative estimate of drug-likeness (QED) is 0.494. The van der Waals surface area contributed by atoms with Crippen molar-refractivity contribution in [2.45, 2.75) is 20.3 Å². The van der Waals surface area contributed by atoms with Crippen LogP contribution in [-0.4, -0.2) is 15.6 Å². The van der Waals surface area contributed by atoms with Crippen LogP contribution in [-0.2, 0) is 0 Å². The SMILES string of the molecule is [2H]c1c([2H])c([N+](=O)[O-])c([2H])c([N+](=O)[O-])c1N/N=C(\C)CC. The normalized spacial score (nSPS) is 13.4. The molecule has 96 valence electrons. The first-order valence-electron chi connectivity index (χ1n) is 6.44. The average molecular weight is 255 g/mol. The van der Waals surface area contributed by atoms with Crippen LogP contribution in [0.2, 0.25) is 0 Å². The van der Waals surface area contributed by atoms with Crippen molar-refractivity contribution < 1.29 is 14.0 Å². The zero-order valence-electron chi connectivity index (χ0n) is 12.7. The van der Waals surface area contributed by atoms with E-state index in [1.807, 2.05) is 0 Å². The Hall–Kier alpha value is -2.51. The fraction of sp³-hybridized carbons (Fsp3) is 0.300. The number of nitro groups is 2. The van der Waals surface area contributed by atoms with E-state index in [9.17, 15) is 20.2 Å². The van der Waals surface area contributed by atoms with Crippen molar-refractivity contribution in [2.75, 3.05) is 5.43 Å². The third-order valence-corrected chi connectivity index (χ3v) is 2.01. The summed E-state index contributed by atoms with van der Waals surface area (Å²) in [4.78, 5) is 19.7. The lowest BCUT2D eigenvalue weighted by Crippen LogP contribution is -2.00. The first-order chi connectivity index (χ1) is 9.72. The minimum Gasteiger partial charge on any atom is -0.272 e. The van der Waals surface area contributed by atoms with E-state index in [0.29, 0.717) is 12.1 Å². The Balaban J connectivity index is 3.64. The third-order valence-electron chi connectivity index (χ3n) is 2.01. The summed E-state index contributed by atoms with van der Waals surface area (Å²) in [6, 6.07) is -2.66. The van der Waals surface area contributed by atoms with Crippen molar-refractivity contribution in [2.24, 2.45) is 5.10 Å². The molecule has 0 aliphatic carbocycles. The minimum atomic E-state index is -1.08. The van der Waals surface area contributed by atoms with E-state index in [0.717, 1.165) is 0 Å². The second-order valence-electron chi connectivity index (χ2n) is 3.27. The lowest BCUT2D eigenvalue weighted by atomic mass is 10.2. The molecule has 0 amide bonds. The first-order valence-corrected chi connectivity index (χ1v) is 4.94. The molecule has 0 radical (unpaired) electrons. The Morgan fingerprint density at radius 1 is 1.44 bits per heavy atom. The lowest BCUT2D eigenvalue weighted by Gasteiger charge is -2.03. The molecule has 1 rings (SSSR count). The van der Waals surface area contributed by atoms with Crippen molar-refractivity contribution in [1.82, 2.24) is 0 Å². The molecule has 1 N–H and O–H groups in total. The van der Waals surface area contributed by atoms with Gasteiger partial charge < -0.3 is 0 Å². The number of nitro benzene ring substituents is 2. The van der Waals surface area contributed by atoms with Crippen molar-refractivity contribution in [3.63, 3.8) is 0 Å². The summed E-state index contributed by atoms with van der Waals surface area (Å²) in [5.41, 5.74) is 0.297. The maximum atomic E-state index is 11.0. The zero-order chi connectivity index (χ0) is 16.3. The topological polar surface area (TPSA) is 111 Å². The molecule has 0 saturated carbocycles. The van der Waals surface area contributed by atoms with Gasteiger partial charge >= 0.3 is 5.69 Å². The van der Waals surface area contributed by atoms with Gasteiger partial charge in [0, 0.05) is 11.8 Å². The van der Waals surface area contributed by atoms with E-state index in [4.69, 9.17) is 4.11 Å². The van der Waals surface area contributed by atoms with Gasteiger partial charge in [0.2, 0.25) is 0 Å². The lowest BCUT2D eigenvalue weighted by molar-refractivity contribution is -0.393. The minimum absolute atomic E-state index is 0.506. The molecule has 0 aliphatic heterocycles. The number of hydrogen-bond donors (Lipinski definition) is 1. The fourth-order valence-corrected chi connectivity index (χ4v) is 0.926. The number of nitrogens with zero attached hydrogens (tertiary/aromatic N) is 3. The maximum absolute atomic E-state index is 11.0. The van der Waals surface area contributed by atoms with Crippen LogP contribution in [0, 0.1) is 20.2 Å². The van der Waals surface area contributed by atoms with Crippen molar-refractivity contribution in [1.29, 1.82) is 0 Å². The van der Waals surface area contributed by atoms with Crippen LogP contribution in [0.1, 0.15) is 24.4 Å². The van der Waals surface area contributed by atoms with Gasteiger partial charge in [0.25, 0.3) is 5.69 Å². The molecule has 0 aliphatic rings. The van der Waals surface area contributed by atoms with Crippen LogP contribution in [0.4, 0.5) is 17.1 Å². The summed E-state index contributed by atoms with van der Waals surface area (Å²) in [5, 5.41) is 25.6. The van der Waals surface area contributed by atoms with Gasteiger partial charge in [0.15, 0.2) is 0 Å². The first kappa shape index (κ1) is 9.51. The number of benzene rings is 1. The van der Waals surface area contributed by atoms with Crippen LogP contribution >= 0.6 is 0 Å². The van der Waals surface area contributed by atoms with E-state index >= 15 is 0 Å². The molecular weight excluding hydrogens is 240 g/mol. The second kappa shape index (κ2) is 5.71. The van der Waals surface area contributed by atoms with E-state index in [1.54, 1.807) is 13.8 Å². The Morgan fingerprint density at radius 2 is 2.11 bits per heavy atom. The van der Waals surface area contributed by atoms with Crippen LogP contribution in [0.5, 0.6) is 0 Å². The second-order valence-corrected chi connectivity index (χ2v) is 3.27. The van der Waals surface area contributed by atoms with E-state index in [-0.39, 0.29) is 0 Å². The standard InChI is InChI=1S/C10H12N4O4/c1-3-7(2)11-12-9-5-4-8(13(15)16)6-10(9)14(17)18/h4-6,12H,3H2,1-2H3/b11-7+/i4D,5D,6D. The van der Waals surface area contributed by atoms with Gasteiger partial charge in [-0.3, -0.25) is 25.7 Å². The summed E-state index contributed by atoms with van der Waals surface area (Å²) in [6.07, 6.45) is 0.544. The van der Waals surface area contributed by atoms with Crippen molar-refractivity contribution in [3.8, 4) is 0 Å². The summed E-state index contributed by atoms with van der Waals surface area (Å²) in [6.45, 7) is 3.43. The Morgan fingerprint density at radius 3 is 2.61 bits per heavy atom. The summed E-state index contributed by atoms with van der Waals surface area (Å²) >= 11 is 0. The van der Waals surface area contributed by atoms with Crippen molar-refractivity contribution >= 4 is 22.8 Å². The molecule has 0 saturated heterocycles. The number of hydrogen-bond acceptors (Lipinski definition) is 6. The summed E-state index contributed by atoms with van der Waals surface area (Å²) in [5.74, 6) is 0. The van der Waals surface area contributed by atoms with Crippen molar-refractivity contribution in [3.05, 3.63) is 38.4 Å². The van der Waals surface area contributed by atoms with E-state index in [2.05, 4.69) is 10.5 Å². The van der Waals surface area contributed by atoms with Crippen LogP contribution in [0.25, 0.3) is 0 Å². The number of anilines is 1. The predicted octanol–water partition coefficient (Wildman–Crippen LogP) is 2.70. The molecule has 8 heteroatoms. The Bertz CT molecular complexity index is 648. The van der Waals surface area contributed by atoms with Gasteiger partial charge in [-0.25, -0.2) is 0 Å². The van der Waals surface area contributed by atoms with Gasteiger partial charge in [0.05, 0.1) is 20.0 Å². The molecule has 0 atom stereocenters. The molecule has 0 unspecified atom stereocenters.